The number of thiophene rings is 5. The predicted octanol–water partition coefficient (Wildman–Crippen LogP) is 12.1. The third-order valence-electron chi connectivity index (χ3n) is 7.66. The van der Waals surface area contributed by atoms with Gasteiger partial charge in [0.25, 0.3) is 11.8 Å². The Morgan fingerprint density at radius 3 is 1.67 bits per heavy atom. The molecule has 0 bridgehead atoms. The highest BCUT2D eigenvalue weighted by Crippen LogP contribution is 2.47. The molecule has 2 amide bonds. The van der Waals surface area contributed by atoms with Crippen molar-refractivity contribution in [1.29, 1.82) is 0 Å². The molecule has 45 heavy (non-hydrogen) atoms. The molecule has 0 spiro atoms. The Kier molecular flexibility index (Phi) is 9.81. The molecule has 1 aliphatic heterocycles. The van der Waals surface area contributed by atoms with Crippen molar-refractivity contribution >= 4 is 76.6 Å². The standard InChI is InChI=1S/C36H37NO2S5Si/c1-23-13-14-25(40-23)26-15-16-27(42-26)28-17-18-29(43-28)30-19-20-31(44-30)34-33-32(24(2)41-34)35(38)37(36(33)39)21-11-9-7-6-8-10-12-22-45(3,4)5/h13-20H,6-11,21H2,1-5H3. The summed E-state index contributed by atoms with van der Waals surface area (Å²) in [5.41, 5.74) is 4.65. The van der Waals surface area contributed by atoms with Gasteiger partial charge >= 0.3 is 0 Å². The monoisotopic (exact) mass is 703 g/mol. The normalized spacial score (nSPS) is 13.0. The van der Waals surface area contributed by atoms with Crippen LogP contribution in [0.25, 0.3) is 39.0 Å². The SMILES string of the molecule is Cc1ccc(-c2ccc(-c3ccc(-c4ccc(-c5sc(C)c6c5C(=O)N(CCCCCCCC#C[Si](C)(C)C)C6=O)s4)s3)s2)s1. The molecule has 232 valence electrons. The van der Waals surface area contributed by atoms with E-state index in [1.165, 1.54) is 39.0 Å². The Hall–Kier alpha value is -2.58. The lowest BCUT2D eigenvalue weighted by molar-refractivity contribution is 0.0651. The van der Waals surface area contributed by atoms with E-state index in [1.54, 1.807) is 34.0 Å². The number of aryl methyl sites for hydroxylation is 2. The van der Waals surface area contributed by atoms with Gasteiger partial charge in [-0.2, -0.15) is 0 Å². The number of fused-ring (bicyclic) bond motifs is 1. The van der Waals surface area contributed by atoms with Crippen LogP contribution in [0.2, 0.25) is 19.6 Å². The molecular weight excluding hydrogens is 667 g/mol. The number of imide groups is 1. The van der Waals surface area contributed by atoms with Crippen LogP contribution in [0.4, 0.5) is 0 Å². The van der Waals surface area contributed by atoms with Crippen molar-refractivity contribution in [2.45, 2.75) is 72.0 Å². The highest BCUT2D eigenvalue weighted by atomic mass is 32.1. The average Bonchev–Trinajstić information content (AvgIpc) is 3.82. The van der Waals surface area contributed by atoms with Gasteiger partial charge in [-0.05, 0) is 75.2 Å². The van der Waals surface area contributed by atoms with Crippen LogP contribution in [0.5, 0.6) is 0 Å². The van der Waals surface area contributed by atoms with Crippen LogP contribution in [0.3, 0.4) is 0 Å². The number of amides is 2. The van der Waals surface area contributed by atoms with Gasteiger partial charge in [-0.25, -0.2) is 0 Å². The van der Waals surface area contributed by atoms with Crippen LogP contribution in [0, 0.1) is 25.3 Å². The van der Waals surface area contributed by atoms with E-state index in [0.717, 1.165) is 53.2 Å². The van der Waals surface area contributed by atoms with E-state index in [9.17, 15) is 9.59 Å². The van der Waals surface area contributed by atoms with Gasteiger partial charge in [0.2, 0.25) is 0 Å². The molecule has 5 aromatic heterocycles. The third kappa shape index (κ3) is 7.22. The molecule has 6 rings (SSSR count). The first-order chi connectivity index (χ1) is 21.6. The van der Waals surface area contributed by atoms with Gasteiger partial charge in [-0.1, -0.05) is 38.9 Å². The quantitative estimate of drug-likeness (QED) is 0.0594. The number of nitrogens with zero attached hydrogens (tertiary/aromatic N) is 1. The number of unbranched alkanes of at least 4 members (excludes halogenated alkanes) is 5. The Labute approximate surface area is 287 Å². The highest BCUT2D eigenvalue weighted by molar-refractivity contribution is 7.29. The third-order valence-corrected chi connectivity index (χ3v) is 14.7. The summed E-state index contributed by atoms with van der Waals surface area (Å²) in [4.78, 5) is 40.3. The molecule has 6 heterocycles. The molecule has 5 aromatic rings. The first-order valence-corrected chi connectivity index (χ1v) is 23.0. The molecule has 1 aliphatic rings. The molecule has 3 nitrogen and oxygen atoms in total. The van der Waals surface area contributed by atoms with Crippen molar-refractivity contribution in [3.63, 3.8) is 0 Å². The van der Waals surface area contributed by atoms with Gasteiger partial charge in [0.05, 0.1) is 16.0 Å². The molecule has 0 saturated heterocycles. The summed E-state index contributed by atoms with van der Waals surface area (Å²) in [6, 6.07) is 17.5. The van der Waals surface area contributed by atoms with Crippen molar-refractivity contribution in [3.05, 3.63) is 69.4 Å². The summed E-state index contributed by atoms with van der Waals surface area (Å²) in [6.45, 7) is 11.4. The Morgan fingerprint density at radius 1 is 0.600 bits per heavy atom. The molecule has 0 saturated carbocycles. The summed E-state index contributed by atoms with van der Waals surface area (Å²) >= 11 is 8.76. The zero-order valence-corrected chi connectivity index (χ0v) is 31.5. The van der Waals surface area contributed by atoms with Crippen molar-refractivity contribution in [1.82, 2.24) is 4.90 Å². The molecule has 0 aliphatic carbocycles. The maximum atomic E-state index is 13.6. The van der Waals surface area contributed by atoms with E-state index in [-0.39, 0.29) is 11.8 Å². The summed E-state index contributed by atoms with van der Waals surface area (Å²) in [7, 11) is -1.28. The molecule has 0 radical (unpaired) electrons. The highest BCUT2D eigenvalue weighted by Gasteiger charge is 2.40. The molecule has 0 unspecified atom stereocenters. The summed E-state index contributed by atoms with van der Waals surface area (Å²) < 4.78 is 0. The second kappa shape index (κ2) is 13.6. The number of rotatable bonds is 11. The maximum absolute atomic E-state index is 13.6. The maximum Gasteiger partial charge on any atom is 0.263 e. The van der Waals surface area contributed by atoms with Gasteiger partial charge in [0.1, 0.15) is 8.07 Å². The summed E-state index contributed by atoms with van der Waals surface area (Å²) in [6.07, 6.45) is 6.23. The zero-order chi connectivity index (χ0) is 31.7. The first-order valence-electron chi connectivity index (χ1n) is 15.5. The molecule has 9 heteroatoms. The van der Waals surface area contributed by atoms with E-state index < -0.39 is 8.07 Å². The lowest BCUT2D eigenvalue weighted by Crippen LogP contribution is -2.31. The minimum Gasteiger partial charge on any atom is -0.274 e. The second-order valence-electron chi connectivity index (χ2n) is 12.5. The fourth-order valence-electron chi connectivity index (χ4n) is 5.45. The lowest BCUT2D eigenvalue weighted by atomic mass is 10.1. The number of hydrogen-bond acceptors (Lipinski definition) is 7. The van der Waals surface area contributed by atoms with E-state index in [0.29, 0.717) is 17.7 Å². The topological polar surface area (TPSA) is 37.4 Å². The number of hydrogen-bond donors (Lipinski definition) is 0. The smallest absolute Gasteiger partial charge is 0.263 e. The molecule has 0 atom stereocenters. The van der Waals surface area contributed by atoms with E-state index in [2.05, 4.69) is 86.6 Å². The van der Waals surface area contributed by atoms with Crippen LogP contribution >= 0.6 is 56.7 Å². The summed E-state index contributed by atoms with van der Waals surface area (Å²) in [5.74, 6) is 3.10. The first kappa shape index (κ1) is 32.4. The summed E-state index contributed by atoms with van der Waals surface area (Å²) in [5, 5.41) is 0. The predicted molar refractivity (Wildman–Crippen MR) is 201 cm³/mol. The van der Waals surface area contributed by atoms with Gasteiger partial charge < -0.3 is 0 Å². The lowest BCUT2D eigenvalue weighted by Gasteiger charge is -2.14. The van der Waals surface area contributed by atoms with Crippen molar-refractivity contribution in [2.24, 2.45) is 0 Å². The number of carbonyl (C=O) groups is 2. The molecule has 0 aromatic carbocycles. The molecule has 0 N–H and O–H groups in total. The van der Waals surface area contributed by atoms with Gasteiger partial charge in [-0.15, -0.1) is 68.1 Å². The van der Waals surface area contributed by atoms with Crippen LogP contribution in [0.1, 0.15) is 69.0 Å². The fraction of sp³-hybridized carbons (Fsp3) is 0.333. The van der Waals surface area contributed by atoms with Crippen LogP contribution < -0.4 is 0 Å². The fourth-order valence-corrected chi connectivity index (χ4v) is 11.5. The molecule has 0 fully saturated rings. The zero-order valence-electron chi connectivity index (χ0n) is 26.4. The van der Waals surface area contributed by atoms with E-state index >= 15 is 0 Å². The Morgan fingerprint density at radius 2 is 1.09 bits per heavy atom. The second-order valence-corrected chi connectivity index (χ2v) is 23.0. The largest absolute Gasteiger partial charge is 0.274 e. The molecular formula is C36H37NO2S5Si. The van der Waals surface area contributed by atoms with Crippen molar-refractivity contribution in [2.75, 3.05) is 6.54 Å². The van der Waals surface area contributed by atoms with E-state index in [4.69, 9.17) is 0 Å². The number of carbonyl (C=O) groups excluding carboxylic acids is 2. The van der Waals surface area contributed by atoms with Crippen molar-refractivity contribution in [3.8, 4) is 50.5 Å². The Balaban J connectivity index is 1.09. The van der Waals surface area contributed by atoms with Gasteiger partial charge in [-0.3, -0.25) is 14.5 Å². The van der Waals surface area contributed by atoms with Crippen LogP contribution in [0.15, 0.2) is 48.5 Å². The van der Waals surface area contributed by atoms with Crippen LogP contribution in [-0.4, -0.2) is 31.3 Å². The van der Waals surface area contributed by atoms with E-state index in [1.807, 2.05) is 29.6 Å². The Bertz CT molecular complexity index is 1910. The minimum atomic E-state index is -1.28. The van der Waals surface area contributed by atoms with Crippen molar-refractivity contribution < 1.29 is 9.59 Å². The average molecular weight is 704 g/mol. The van der Waals surface area contributed by atoms with Gasteiger partial charge in [0, 0.05) is 56.9 Å². The van der Waals surface area contributed by atoms with Gasteiger partial charge in [0.15, 0.2) is 0 Å². The van der Waals surface area contributed by atoms with Crippen LogP contribution in [-0.2, 0) is 0 Å². The minimum absolute atomic E-state index is 0.121.